The van der Waals surface area contributed by atoms with Crippen molar-refractivity contribution < 1.29 is 0 Å². The molecule has 1 aromatic carbocycles. The van der Waals surface area contributed by atoms with Gasteiger partial charge in [-0.3, -0.25) is 4.98 Å². The fourth-order valence-electron chi connectivity index (χ4n) is 4.68. The molecule has 6 nitrogen and oxygen atoms in total. The number of anilines is 1. The molecule has 1 aliphatic carbocycles. The molecule has 2 aliphatic rings. The Bertz CT molecular complexity index is 962. The van der Waals surface area contributed by atoms with Crippen LogP contribution in [0.25, 0.3) is 11.0 Å². The number of benzene rings is 1. The number of aromatic nitrogens is 3. The zero-order valence-corrected chi connectivity index (χ0v) is 19.3. The second-order valence-corrected chi connectivity index (χ2v) is 8.55. The highest BCUT2D eigenvalue weighted by Gasteiger charge is 2.19. The molecule has 0 saturated carbocycles. The minimum Gasteiger partial charge on any atom is -0.367 e. The molecule has 0 unspecified atom stereocenters. The van der Waals surface area contributed by atoms with Crippen molar-refractivity contribution in [2.24, 2.45) is 0 Å². The summed E-state index contributed by atoms with van der Waals surface area (Å²) in [5.41, 5.74) is 6.52. The molecule has 0 atom stereocenters. The lowest BCUT2D eigenvalue weighted by molar-refractivity contribution is 0.313. The topological polar surface area (TPSA) is 49.2 Å². The van der Waals surface area contributed by atoms with Crippen LogP contribution in [0.1, 0.15) is 36.8 Å². The normalized spacial score (nSPS) is 16.7. The van der Waals surface area contributed by atoms with E-state index in [2.05, 4.69) is 62.9 Å². The number of para-hydroxylation sites is 1. The Labute approximate surface area is 186 Å². The third-order valence-corrected chi connectivity index (χ3v) is 6.41. The maximum atomic E-state index is 4.81. The summed E-state index contributed by atoms with van der Waals surface area (Å²) in [6, 6.07) is 10.7. The number of piperazine rings is 1. The van der Waals surface area contributed by atoms with Gasteiger partial charge in [-0.2, -0.15) is 0 Å². The number of fused-ring (bicyclic) bond motifs is 2. The third kappa shape index (κ3) is 4.91. The first-order valence-electron chi connectivity index (χ1n) is 11.7. The highest BCUT2D eigenvalue weighted by Crippen LogP contribution is 2.28. The number of pyridine rings is 1. The Balaban J connectivity index is 0.000000192. The molecule has 166 valence electrons. The van der Waals surface area contributed by atoms with Gasteiger partial charge in [0.25, 0.3) is 0 Å². The molecule has 31 heavy (non-hydrogen) atoms. The van der Waals surface area contributed by atoms with Crippen molar-refractivity contribution in [2.45, 2.75) is 45.7 Å². The number of rotatable bonds is 4. The maximum Gasteiger partial charge on any atom is 0.123 e. The molecular formula is C25H36N6. The van der Waals surface area contributed by atoms with E-state index in [1.807, 2.05) is 19.3 Å². The zero-order chi connectivity index (χ0) is 21.6. The molecule has 1 fully saturated rings. The summed E-state index contributed by atoms with van der Waals surface area (Å²) in [5.74, 6) is 1.12. The van der Waals surface area contributed by atoms with Crippen molar-refractivity contribution in [1.29, 1.82) is 0 Å². The van der Waals surface area contributed by atoms with Gasteiger partial charge in [-0.1, -0.05) is 12.1 Å². The van der Waals surface area contributed by atoms with Crippen molar-refractivity contribution in [1.82, 2.24) is 24.8 Å². The van der Waals surface area contributed by atoms with Gasteiger partial charge in [-0.25, -0.2) is 4.98 Å². The Kier molecular flexibility index (Phi) is 7.20. The second kappa shape index (κ2) is 10.2. The van der Waals surface area contributed by atoms with Gasteiger partial charge in [0.1, 0.15) is 5.82 Å². The molecule has 1 N–H and O–H groups in total. The Hall–Kier alpha value is -2.44. The molecule has 0 bridgehead atoms. The van der Waals surface area contributed by atoms with Crippen molar-refractivity contribution in [3.8, 4) is 0 Å². The van der Waals surface area contributed by atoms with Gasteiger partial charge >= 0.3 is 0 Å². The summed E-state index contributed by atoms with van der Waals surface area (Å²) in [6.45, 7) is 8.39. The molecule has 0 amide bonds. The first kappa shape index (κ1) is 21.8. The van der Waals surface area contributed by atoms with E-state index < -0.39 is 0 Å². The van der Waals surface area contributed by atoms with Crippen LogP contribution in [0.5, 0.6) is 0 Å². The molecule has 3 aromatic rings. The van der Waals surface area contributed by atoms with E-state index in [0.29, 0.717) is 0 Å². The van der Waals surface area contributed by atoms with Gasteiger partial charge in [0, 0.05) is 44.6 Å². The van der Waals surface area contributed by atoms with E-state index in [9.17, 15) is 0 Å². The minimum absolute atomic E-state index is 0.810. The van der Waals surface area contributed by atoms with Crippen LogP contribution in [0.2, 0.25) is 0 Å². The van der Waals surface area contributed by atoms with Crippen molar-refractivity contribution >= 4 is 16.7 Å². The van der Waals surface area contributed by atoms with Gasteiger partial charge in [0.15, 0.2) is 0 Å². The van der Waals surface area contributed by atoms with Crippen molar-refractivity contribution in [3.05, 3.63) is 53.6 Å². The van der Waals surface area contributed by atoms with Gasteiger partial charge in [-0.15, -0.1) is 0 Å². The summed E-state index contributed by atoms with van der Waals surface area (Å²) in [7, 11) is 4.17. The molecule has 5 rings (SSSR count). The fraction of sp³-hybridized carbons (Fsp3) is 0.520. The summed E-state index contributed by atoms with van der Waals surface area (Å²) in [6.07, 6.45) is 6.99. The molecule has 1 aliphatic heterocycles. The lowest BCUT2D eigenvalue weighted by Crippen LogP contribution is -2.44. The predicted molar refractivity (Wildman–Crippen MR) is 129 cm³/mol. The van der Waals surface area contributed by atoms with Crippen LogP contribution < -0.4 is 10.2 Å². The minimum atomic E-state index is 0.810. The number of hydrogen-bond acceptors (Lipinski definition) is 5. The van der Waals surface area contributed by atoms with E-state index >= 15 is 0 Å². The number of imidazole rings is 1. The number of likely N-dealkylation sites (N-methyl/N-ethyl adjacent to an activating group) is 1. The maximum absolute atomic E-state index is 4.81. The third-order valence-electron chi connectivity index (χ3n) is 6.41. The lowest BCUT2D eigenvalue weighted by atomic mass is 9.96. The van der Waals surface area contributed by atoms with E-state index in [0.717, 1.165) is 50.6 Å². The van der Waals surface area contributed by atoms with Crippen molar-refractivity contribution in [3.63, 3.8) is 0 Å². The Morgan fingerprint density at radius 3 is 2.55 bits per heavy atom. The van der Waals surface area contributed by atoms with Gasteiger partial charge in [0.05, 0.1) is 23.3 Å². The molecule has 1 saturated heterocycles. The summed E-state index contributed by atoms with van der Waals surface area (Å²) in [4.78, 5) is 14.0. The largest absolute Gasteiger partial charge is 0.367 e. The molecule has 2 aromatic heterocycles. The summed E-state index contributed by atoms with van der Waals surface area (Å²) >= 11 is 0. The van der Waals surface area contributed by atoms with E-state index in [1.165, 1.54) is 48.1 Å². The van der Waals surface area contributed by atoms with Crippen LogP contribution in [0.3, 0.4) is 0 Å². The SMILES string of the molecule is CCn1c(CNC)nc2cccc(N3CCN(C)CC3)c21.c1cnc2c(c1)CCCC2. The standard InChI is InChI=1S/C16H25N5.C9H11N/c1-4-21-15(12-17-2)18-13-6-5-7-14(16(13)21)20-10-8-19(3)9-11-20;1-2-6-9-8(4-1)5-3-7-10-9/h5-7,17H,4,8-12H2,1-3H3;3,5,7H,1-2,4,6H2. The second-order valence-electron chi connectivity index (χ2n) is 8.55. The smallest absolute Gasteiger partial charge is 0.123 e. The molecule has 0 radical (unpaired) electrons. The summed E-state index contributed by atoms with van der Waals surface area (Å²) < 4.78 is 2.35. The van der Waals surface area contributed by atoms with E-state index in [-0.39, 0.29) is 0 Å². The van der Waals surface area contributed by atoms with Gasteiger partial charge in [0.2, 0.25) is 0 Å². The first-order valence-corrected chi connectivity index (χ1v) is 11.7. The van der Waals surface area contributed by atoms with Gasteiger partial charge in [-0.05, 0) is 70.5 Å². The zero-order valence-electron chi connectivity index (χ0n) is 19.3. The van der Waals surface area contributed by atoms with Crippen LogP contribution in [0.15, 0.2) is 36.5 Å². The van der Waals surface area contributed by atoms with Crippen LogP contribution >= 0.6 is 0 Å². The number of nitrogens with zero attached hydrogens (tertiary/aromatic N) is 5. The molecule has 6 heteroatoms. The molecule has 0 spiro atoms. The summed E-state index contributed by atoms with van der Waals surface area (Å²) in [5, 5.41) is 3.22. The highest BCUT2D eigenvalue weighted by atomic mass is 15.3. The average molecular weight is 421 g/mol. The number of nitrogens with one attached hydrogen (secondary N) is 1. The quantitative estimate of drug-likeness (QED) is 0.700. The van der Waals surface area contributed by atoms with E-state index in [1.54, 1.807) is 0 Å². The first-order chi connectivity index (χ1) is 15.2. The van der Waals surface area contributed by atoms with Crippen LogP contribution in [0.4, 0.5) is 5.69 Å². The fourth-order valence-corrected chi connectivity index (χ4v) is 4.68. The monoisotopic (exact) mass is 420 g/mol. The Morgan fingerprint density at radius 1 is 1.00 bits per heavy atom. The van der Waals surface area contributed by atoms with Crippen LogP contribution in [-0.4, -0.2) is 59.7 Å². The number of aryl methyl sites for hydroxylation is 3. The highest BCUT2D eigenvalue weighted by molar-refractivity contribution is 5.89. The Morgan fingerprint density at radius 2 is 1.81 bits per heavy atom. The van der Waals surface area contributed by atoms with E-state index in [4.69, 9.17) is 4.98 Å². The predicted octanol–water partition coefficient (Wildman–Crippen LogP) is 3.49. The van der Waals surface area contributed by atoms with Crippen LogP contribution in [-0.2, 0) is 25.9 Å². The lowest BCUT2D eigenvalue weighted by Gasteiger charge is -2.34. The van der Waals surface area contributed by atoms with Crippen molar-refractivity contribution in [2.75, 3.05) is 45.2 Å². The average Bonchev–Trinajstić information content (AvgIpc) is 3.18. The van der Waals surface area contributed by atoms with Gasteiger partial charge < -0.3 is 19.7 Å². The number of hydrogen-bond donors (Lipinski definition) is 1. The molecule has 3 heterocycles. The molecular weight excluding hydrogens is 384 g/mol. The van der Waals surface area contributed by atoms with Crippen LogP contribution in [0, 0.1) is 0 Å².